The molecule has 0 aromatic heterocycles. The van der Waals surface area contributed by atoms with Crippen molar-refractivity contribution in [2.45, 2.75) is 11.7 Å². The lowest BCUT2D eigenvalue weighted by Gasteiger charge is -2.08. The summed E-state index contributed by atoms with van der Waals surface area (Å²) in [6.45, 7) is 0. The van der Waals surface area contributed by atoms with Crippen molar-refractivity contribution in [3.63, 3.8) is 0 Å². The molecule has 0 aromatic carbocycles. The molecule has 1 unspecified atom stereocenters. The van der Waals surface area contributed by atoms with Gasteiger partial charge in [0.1, 0.15) is 0 Å². The van der Waals surface area contributed by atoms with Crippen LogP contribution in [0.3, 0.4) is 0 Å². The maximum atomic E-state index is 11.5. The third-order valence-corrected chi connectivity index (χ3v) is 1.69. The van der Waals surface area contributed by atoms with E-state index in [0.29, 0.717) is 0 Å². The summed E-state index contributed by atoms with van der Waals surface area (Å²) in [7, 11) is 0.890. The van der Waals surface area contributed by atoms with E-state index in [-0.39, 0.29) is 0 Å². The highest BCUT2D eigenvalue weighted by molar-refractivity contribution is 8.09. The predicted molar refractivity (Wildman–Crippen MR) is 24.9 cm³/mol. The van der Waals surface area contributed by atoms with Gasteiger partial charge in [0.15, 0.2) is 10.0 Å². The Hall–Kier alpha value is 0.160. The van der Waals surface area contributed by atoms with Gasteiger partial charge in [-0.25, -0.2) is 13.0 Å². The summed E-state index contributed by atoms with van der Waals surface area (Å²) in [5.41, 5.74) is 0. The molecule has 0 aliphatic carbocycles. The van der Waals surface area contributed by atoms with Crippen molar-refractivity contribution in [3.8, 4) is 0 Å². The van der Waals surface area contributed by atoms with Gasteiger partial charge in [-0.3, -0.25) is 0 Å². The van der Waals surface area contributed by atoms with Gasteiger partial charge in [0, 0.05) is 0 Å². The Morgan fingerprint density at radius 3 is 1.78 bits per heavy atom. The van der Waals surface area contributed by atoms with Crippen molar-refractivity contribution in [3.05, 3.63) is 0 Å². The molecule has 0 spiro atoms. The standard InChI is InChI=1S/C2HClF4OS/c3-9(8)2(6,7)1(4)5/h1H. The minimum atomic E-state index is -4.60. The quantitative estimate of drug-likeness (QED) is 0.472. The lowest BCUT2D eigenvalue weighted by molar-refractivity contribution is -0.0588. The minimum Gasteiger partial charge on any atom is -0.236 e. The van der Waals surface area contributed by atoms with Crippen molar-refractivity contribution >= 4 is 20.7 Å². The van der Waals surface area contributed by atoms with Crippen LogP contribution in [0, 0.1) is 0 Å². The normalized spacial score (nSPS) is 16.2. The lowest BCUT2D eigenvalue weighted by atomic mass is 10.7. The van der Waals surface area contributed by atoms with Crippen LogP contribution in [0.2, 0.25) is 0 Å². The first-order chi connectivity index (χ1) is 3.89. The monoisotopic (exact) mass is 184 g/mol. The van der Waals surface area contributed by atoms with E-state index >= 15 is 0 Å². The van der Waals surface area contributed by atoms with Crippen LogP contribution in [-0.2, 0) is 10.0 Å². The molecule has 56 valence electrons. The van der Waals surface area contributed by atoms with Crippen molar-refractivity contribution in [1.29, 1.82) is 0 Å². The van der Waals surface area contributed by atoms with Crippen LogP contribution in [0.1, 0.15) is 0 Å². The Balaban J connectivity index is 4.19. The number of halogens is 5. The van der Waals surface area contributed by atoms with Gasteiger partial charge in [0.25, 0.3) is 0 Å². The first-order valence-corrected chi connectivity index (χ1v) is 3.60. The second-order valence-electron chi connectivity index (χ2n) is 1.09. The van der Waals surface area contributed by atoms with E-state index < -0.39 is 21.7 Å². The lowest BCUT2D eigenvalue weighted by Crippen LogP contribution is -2.28. The summed E-state index contributed by atoms with van der Waals surface area (Å²) >= 11 is 0. The van der Waals surface area contributed by atoms with Gasteiger partial charge in [0.05, 0.1) is 0 Å². The highest BCUT2D eigenvalue weighted by Gasteiger charge is 2.46. The van der Waals surface area contributed by atoms with E-state index in [4.69, 9.17) is 0 Å². The molecule has 0 fully saturated rings. The van der Waals surface area contributed by atoms with Crippen molar-refractivity contribution < 1.29 is 21.8 Å². The van der Waals surface area contributed by atoms with Crippen molar-refractivity contribution in [2.75, 3.05) is 0 Å². The Morgan fingerprint density at radius 2 is 1.78 bits per heavy atom. The molecule has 0 N–H and O–H groups in total. The predicted octanol–water partition coefficient (Wildman–Crippen LogP) is 1.75. The second kappa shape index (κ2) is 2.83. The van der Waals surface area contributed by atoms with E-state index in [2.05, 4.69) is 10.7 Å². The Kier molecular flexibility index (Phi) is 2.88. The largest absolute Gasteiger partial charge is 0.393 e. The van der Waals surface area contributed by atoms with Crippen LogP contribution in [0.15, 0.2) is 0 Å². The molecule has 0 rings (SSSR count). The van der Waals surface area contributed by atoms with E-state index in [1.807, 2.05) is 0 Å². The number of hydrogen-bond acceptors (Lipinski definition) is 1. The summed E-state index contributed by atoms with van der Waals surface area (Å²) in [6, 6.07) is 0. The minimum absolute atomic E-state index is 3.32. The smallest absolute Gasteiger partial charge is 0.236 e. The van der Waals surface area contributed by atoms with Gasteiger partial charge in [-0.1, -0.05) is 0 Å². The molecule has 9 heavy (non-hydrogen) atoms. The fourth-order valence-electron chi connectivity index (χ4n) is 0.0700. The van der Waals surface area contributed by atoms with Gasteiger partial charge in [-0.05, 0) is 10.7 Å². The topological polar surface area (TPSA) is 17.1 Å². The Morgan fingerprint density at radius 1 is 1.44 bits per heavy atom. The summed E-state index contributed by atoms with van der Waals surface area (Å²) in [5.74, 6) is 0. The molecule has 1 nitrogen and oxygen atoms in total. The molecule has 0 saturated carbocycles. The van der Waals surface area contributed by atoms with Gasteiger partial charge in [-0.2, -0.15) is 8.78 Å². The number of alkyl halides is 4. The fourth-order valence-corrected chi connectivity index (χ4v) is 0.412. The summed E-state index contributed by atoms with van der Waals surface area (Å²) < 4.78 is 54.6. The summed E-state index contributed by atoms with van der Waals surface area (Å²) in [6.07, 6.45) is -3.98. The molecule has 0 aliphatic heterocycles. The zero-order valence-corrected chi connectivity index (χ0v) is 5.36. The van der Waals surface area contributed by atoms with E-state index in [9.17, 15) is 21.8 Å². The van der Waals surface area contributed by atoms with Crippen LogP contribution in [-0.4, -0.2) is 15.9 Å². The molecule has 0 bridgehead atoms. The van der Waals surface area contributed by atoms with Crippen LogP contribution < -0.4 is 0 Å². The van der Waals surface area contributed by atoms with E-state index in [1.165, 1.54) is 0 Å². The highest BCUT2D eigenvalue weighted by Crippen LogP contribution is 2.28. The molecule has 7 heteroatoms. The zero-order chi connectivity index (χ0) is 7.65. The van der Waals surface area contributed by atoms with Crippen LogP contribution in [0.4, 0.5) is 17.6 Å². The number of hydrogen-bond donors (Lipinski definition) is 0. The molecule has 0 aliphatic rings. The van der Waals surface area contributed by atoms with E-state index in [0.717, 1.165) is 0 Å². The average molecular weight is 185 g/mol. The van der Waals surface area contributed by atoms with Crippen molar-refractivity contribution in [1.82, 2.24) is 0 Å². The molecule has 0 heterocycles. The second-order valence-corrected chi connectivity index (χ2v) is 2.92. The molecule has 1 atom stereocenters. The van der Waals surface area contributed by atoms with E-state index in [1.54, 1.807) is 0 Å². The van der Waals surface area contributed by atoms with Crippen LogP contribution >= 0.6 is 10.7 Å². The number of rotatable bonds is 2. The molecular weight excluding hydrogens is 184 g/mol. The summed E-state index contributed by atoms with van der Waals surface area (Å²) in [4.78, 5) is 0. The third kappa shape index (κ3) is 2.09. The molecule has 0 aromatic rings. The average Bonchev–Trinajstić information content (AvgIpc) is 1.65. The maximum Gasteiger partial charge on any atom is 0.393 e. The molecule has 0 radical (unpaired) electrons. The Labute approximate surface area is 54.9 Å². The third-order valence-electron chi connectivity index (χ3n) is 0.468. The maximum absolute atomic E-state index is 11.5. The Bertz CT molecular complexity index is 126. The van der Waals surface area contributed by atoms with Gasteiger partial charge in [-0.15, -0.1) is 0 Å². The van der Waals surface area contributed by atoms with Gasteiger partial charge < -0.3 is 0 Å². The molecular formula is C2HClF4OS. The molecule has 0 saturated heterocycles. The first-order valence-electron chi connectivity index (χ1n) is 1.63. The highest BCUT2D eigenvalue weighted by atomic mass is 35.7. The molecule has 0 amide bonds. The van der Waals surface area contributed by atoms with Gasteiger partial charge in [0.2, 0.25) is 0 Å². The first kappa shape index (κ1) is 9.16. The summed E-state index contributed by atoms with van der Waals surface area (Å²) in [5, 5.41) is -4.60. The fraction of sp³-hybridized carbons (Fsp3) is 1.00. The zero-order valence-electron chi connectivity index (χ0n) is 3.78. The van der Waals surface area contributed by atoms with Crippen LogP contribution in [0.25, 0.3) is 0 Å². The van der Waals surface area contributed by atoms with Gasteiger partial charge >= 0.3 is 11.7 Å². The SMILES string of the molecule is O=S(Cl)C(F)(F)C(F)F. The van der Waals surface area contributed by atoms with Crippen molar-refractivity contribution in [2.24, 2.45) is 0 Å². The van der Waals surface area contributed by atoms with Crippen LogP contribution in [0.5, 0.6) is 0 Å².